The molecule has 1 saturated heterocycles. The number of amides is 1. The maximum absolute atomic E-state index is 12.8. The number of likely N-dealkylation sites (tertiary alicyclic amines) is 1. The molecule has 2 aromatic heterocycles. The maximum Gasteiger partial charge on any atom is 0.242 e. The molecule has 1 aliphatic heterocycles. The lowest BCUT2D eigenvalue weighted by atomic mass is 9.97. The van der Waals surface area contributed by atoms with Crippen molar-refractivity contribution in [1.29, 1.82) is 0 Å². The van der Waals surface area contributed by atoms with Gasteiger partial charge in [0.25, 0.3) is 0 Å². The Bertz CT molecular complexity index is 680. The molecule has 3 heterocycles. The van der Waals surface area contributed by atoms with Crippen LogP contribution < -0.4 is 0 Å². The SMILES string of the molecule is Cc1ncn(CC(=O)N2CCCC[C@H]2CCc2ccccn2)c1C. The zero-order valence-electron chi connectivity index (χ0n) is 14.6. The molecule has 0 saturated carbocycles. The van der Waals surface area contributed by atoms with E-state index in [0.29, 0.717) is 12.6 Å². The monoisotopic (exact) mass is 326 g/mol. The normalized spacial score (nSPS) is 17.9. The van der Waals surface area contributed by atoms with Gasteiger partial charge in [-0.2, -0.15) is 0 Å². The lowest BCUT2D eigenvalue weighted by molar-refractivity contribution is -0.135. The second kappa shape index (κ2) is 7.60. The van der Waals surface area contributed by atoms with E-state index in [0.717, 1.165) is 49.3 Å². The number of carbonyl (C=O) groups excluding carboxylic acids is 1. The Morgan fingerprint density at radius 2 is 2.12 bits per heavy atom. The molecule has 0 spiro atoms. The van der Waals surface area contributed by atoms with Crippen LogP contribution in [0.5, 0.6) is 0 Å². The third-order valence-corrected chi connectivity index (χ3v) is 5.06. The molecule has 0 bridgehead atoms. The van der Waals surface area contributed by atoms with Gasteiger partial charge in [-0.25, -0.2) is 4.98 Å². The standard InChI is InChI=1S/C19H26N4O/c1-15-16(2)22(14-21-15)13-19(24)23-12-6-4-8-18(23)10-9-17-7-3-5-11-20-17/h3,5,7,11,14,18H,4,6,8-10,12-13H2,1-2H3/t18-/m0/s1. The molecule has 1 aliphatic rings. The fraction of sp³-hybridized carbons (Fsp3) is 0.526. The minimum atomic E-state index is 0.209. The Hall–Kier alpha value is -2.17. The largest absolute Gasteiger partial charge is 0.338 e. The number of hydrogen-bond donors (Lipinski definition) is 0. The highest BCUT2D eigenvalue weighted by molar-refractivity contribution is 5.76. The average Bonchev–Trinajstić information content (AvgIpc) is 2.93. The van der Waals surface area contributed by atoms with Crippen LogP contribution >= 0.6 is 0 Å². The third-order valence-electron chi connectivity index (χ3n) is 5.06. The Kier molecular flexibility index (Phi) is 5.28. The summed E-state index contributed by atoms with van der Waals surface area (Å²) in [5, 5.41) is 0. The van der Waals surface area contributed by atoms with E-state index in [2.05, 4.69) is 20.9 Å². The molecule has 3 rings (SSSR count). The predicted octanol–water partition coefficient (Wildman–Crippen LogP) is 2.91. The van der Waals surface area contributed by atoms with Gasteiger partial charge in [0.2, 0.25) is 5.91 Å². The first kappa shape index (κ1) is 16.7. The Balaban J connectivity index is 1.63. The summed E-state index contributed by atoms with van der Waals surface area (Å²) >= 11 is 0. The van der Waals surface area contributed by atoms with E-state index in [-0.39, 0.29) is 5.91 Å². The molecule has 24 heavy (non-hydrogen) atoms. The van der Waals surface area contributed by atoms with E-state index in [9.17, 15) is 4.79 Å². The number of rotatable bonds is 5. The van der Waals surface area contributed by atoms with Crippen LogP contribution in [0.25, 0.3) is 0 Å². The van der Waals surface area contributed by atoms with E-state index in [1.807, 2.05) is 36.7 Å². The Labute approximate surface area is 143 Å². The average molecular weight is 326 g/mol. The van der Waals surface area contributed by atoms with Gasteiger partial charge in [0.15, 0.2) is 0 Å². The molecule has 0 aromatic carbocycles. The van der Waals surface area contributed by atoms with Gasteiger partial charge in [0.1, 0.15) is 6.54 Å². The molecule has 5 nitrogen and oxygen atoms in total. The minimum Gasteiger partial charge on any atom is -0.338 e. The van der Waals surface area contributed by atoms with Crippen LogP contribution in [0.1, 0.15) is 42.8 Å². The van der Waals surface area contributed by atoms with E-state index >= 15 is 0 Å². The van der Waals surface area contributed by atoms with E-state index in [1.54, 1.807) is 6.33 Å². The molecule has 128 valence electrons. The summed E-state index contributed by atoms with van der Waals surface area (Å²) in [6, 6.07) is 6.36. The van der Waals surface area contributed by atoms with Gasteiger partial charge < -0.3 is 9.47 Å². The van der Waals surface area contributed by atoms with Crippen molar-refractivity contribution >= 4 is 5.91 Å². The van der Waals surface area contributed by atoms with Crippen LogP contribution in [-0.4, -0.2) is 37.9 Å². The van der Waals surface area contributed by atoms with Gasteiger partial charge in [-0.1, -0.05) is 6.07 Å². The number of piperidine rings is 1. The van der Waals surface area contributed by atoms with Crippen LogP contribution in [0.4, 0.5) is 0 Å². The third kappa shape index (κ3) is 3.83. The van der Waals surface area contributed by atoms with Crippen molar-refractivity contribution in [1.82, 2.24) is 19.4 Å². The fourth-order valence-corrected chi connectivity index (χ4v) is 3.43. The van der Waals surface area contributed by atoms with Gasteiger partial charge in [-0.15, -0.1) is 0 Å². The number of hydrogen-bond acceptors (Lipinski definition) is 3. The highest BCUT2D eigenvalue weighted by Crippen LogP contribution is 2.22. The Morgan fingerprint density at radius 1 is 1.25 bits per heavy atom. The van der Waals surface area contributed by atoms with Crippen molar-refractivity contribution in [2.45, 2.75) is 58.5 Å². The van der Waals surface area contributed by atoms with Crippen LogP contribution in [0.15, 0.2) is 30.7 Å². The second-order valence-electron chi connectivity index (χ2n) is 6.64. The van der Waals surface area contributed by atoms with Crippen molar-refractivity contribution < 1.29 is 4.79 Å². The van der Waals surface area contributed by atoms with Crippen molar-refractivity contribution in [2.24, 2.45) is 0 Å². The molecule has 0 aliphatic carbocycles. The molecule has 1 fully saturated rings. The molecule has 1 amide bonds. The summed E-state index contributed by atoms with van der Waals surface area (Å²) in [6.07, 6.45) is 8.94. The zero-order chi connectivity index (χ0) is 16.9. The number of aryl methyl sites for hydroxylation is 2. The van der Waals surface area contributed by atoms with E-state index in [4.69, 9.17) is 0 Å². The first-order valence-corrected chi connectivity index (χ1v) is 8.83. The van der Waals surface area contributed by atoms with Gasteiger partial charge in [-0.3, -0.25) is 9.78 Å². The number of imidazole rings is 1. The van der Waals surface area contributed by atoms with Gasteiger partial charge in [0, 0.05) is 30.2 Å². The fourth-order valence-electron chi connectivity index (χ4n) is 3.43. The topological polar surface area (TPSA) is 51.0 Å². The van der Waals surface area contributed by atoms with Gasteiger partial charge in [-0.05, 0) is 58.1 Å². The molecule has 1 atom stereocenters. The van der Waals surface area contributed by atoms with Gasteiger partial charge in [0.05, 0.1) is 12.0 Å². The number of aromatic nitrogens is 3. The van der Waals surface area contributed by atoms with Crippen LogP contribution in [0, 0.1) is 13.8 Å². The number of pyridine rings is 1. The van der Waals surface area contributed by atoms with E-state index in [1.165, 1.54) is 6.42 Å². The molecule has 0 unspecified atom stereocenters. The van der Waals surface area contributed by atoms with Crippen molar-refractivity contribution in [3.05, 3.63) is 47.8 Å². The smallest absolute Gasteiger partial charge is 0.242 e. The van der Waals surface area contributed by atoms with Crippen molar-refractivity contribution in [3.8, 4) is 0 Å². The van der Waals surface area contributed by atoms with Crippen molar-refractivity contribution in [2.75, 3.05) is 6.54 Å². The Morgan fingerprint density at radius 3 is 2.83 bits per heavy atom. The molecule has 5 heteroatoms. The summed E-state index contributed by atoms with van der Waals surface area (Å²) in [5.74, 6) is 0.209. The lowest BCUT2D eigenvalue weighted by Gasteiger charge is -2.36. The lowest BCUT2D eigenvalue weighted by Crippen LogP contribution is -2.45. The summed E-state index contributed by atoms with van der Waals surface area (Å²) in [7, 11) is 0. The van der Waals surface area contributed by atoms with Crippen LogP contribution in [-0.2, 0) is 17.8 Å². The molecule has 2 aromatic rings. The molecular weight excluding hydrogens is 300 g/mol. The summed E-state index contributed by atoms with van der Waals surface area (Å²) in [6.45, 7) is 5.27. The first-order chi connectivity index (χ1) is 11.6. The molecule has 0 N–H and O–H groups in total. The summed E-state index contributed by atoms with van der Waals surface area (Å²) in [5.41, 5.74) is 3.18. The van der Waals surface area contributed by atoms with E-state index < -0.39 is 0 Å². The van der Waals surface area contributed by atoms with Crippen molar-refractivity contribution in [3.63, 3.8) is 0 Å². The van der Waals surface area contributed by atoms with Crippen LogP contribution in [0.2, 0.25) is 0 Å². The maximum atomic E-state index is 12.8. The minimum absolute atomic E-state index is 0.209. The predicted molar refractivity (Wildman–Crippen MR) is 93.6 cm³/mol. The van der Waals surface area contributed by atoms with Crippen LogP contribution in [0.3, 0.4) is 0 Å². The highest BCUT2D eigenvalue weighted by Gasteiger charge is 2.26. The van der Waals surface area contributed by atoms with Gasteiger partial charge >= 0.3 is 0 Å². The molecular formula is C19H26N4O. The summed E-state index contributed by atoms with van der Waals surface area (Å²) in [4.78, 5) is 23.6. The number of carbonyl (C=O) groups is 1. The second-order valence-corrected chi connectivity index (χ2v) is 6.64. The number of nitrogens with zero attached hydrogens (tertiary/aromatic N) is 4. The quantitative estimate of drug-likeness (QED) is 0.849. The zero-order valence-corrected chi connectivity index (χ0v) is 14.6. The molecule has 0 radical (unpaired) electrons. The highest BCUT2D eigenvalue weighted by atomic mass is 16.2. The first-order valence-electron chi connectivity index (χ1n) is 8.83. The summed E-state index contributed by atoms with van der Waals surface area (Å²) < 4.78 is 1.96.